The molecular formula is C15H20O. The summed E-state index contributed by atoms with van der Waals surface area (Å²) in [6, 6.07) is 0. The van der Waals surface area contributed by atoms with Gasteiger partial charge in [-0.25, -0.2) is 0 Å². The first kappa shape index (κ1) is 11.5. The quantitative estimate of drug-likeness (QED) is 0.511. The molecule has 0 amide bonds. The van der Waals surface area contributed by atoms with Gasteiger partial charge in [-0.05, 0) is 45.4 Å². The van der Waals surface area contributed by atoms with E-state index in [1.807, 2.05) is 0 Å². The fourth-order valence-corrected chi connectivity index (χ4v) is 2.90. The Morgan fingerprint density at radius 3 is 2.62 bits per heavy atom. The summed E-state index contributed by atoms with van der Waals surface area (Å²) in [6.07, 6.45) is 7.75. The smallest absolute Gasteiger partial charge is 0.131 e. The monoisotopic (exact) mass is 216 g/mol. The second-order valence-corrected chi connectivity index (χ2v) is 5.92. The van der Waals surface area contributed by atoms with Crippen molar-refractivity contribution in [2.24, 2.45) is 23.2 Å². The van der Waals surface area contributed by atoms with E-state index < -0.39 is 0 Å². The van der Waals surface area contributed by atoms with Gasteiger partial charge in [0.2, 0.25) is 0 Å². The topological polar surface area (TPSA) is 17.1 Å². The van der Waals surface area contributed by atoms with Gasteiger partial charge in [-0.1, -0.05) is 24.0 Å². The fraction of sp³-hybridized carbons (Fsp3) is 0.667. The van der Waals surface area contributed by atoms with E-state index in [1.165, 1.54) is 12.8 Å². The zero-order chi connectivity index (χ0) is 11.8. The van der Waals surface area contributed by atoms with Gasteiger partial charge in [0.25, 0.3) is 0 Å². The summed E-state index contributed by atoms with van der Waals surface area (Å²) in [6.45, 7) is 5.76. The molecule has 0 radical (unpaired) electrons. The summed E-state index contributed by atoms with van der Waals surface area (Å²) in [7, 11) is 0. The van der Waals surface area contributed by atoms with Crippen molar-refractivity contribution in [2.75, 3.05) is 0 Å². The standard InChI is InChI=1S/C15H20O/c1-11(16)10-15(2,3)7-6-14-9-12-4-5-13(14)8-12/h4-5,12-14H,8-10H2,1-3H3. The van der Waals surface area contributed by atoms with Gasteiger partial charge in [-0.15, -0.1) is 0 Å². The average Bonchev–Trinajstić information content (AvgIpc) is 2.73. The number of carbonyl (C=O) groups excluding carboxylic acids is 1. The molecule has 0 aromatic rings. The van der Waals surface area contributed by atoms with Crippen molar-refractivity contribution in [2.45, 2.75) is 40.0 Å². The maximum atomic E-state index is 11.1. The summed E-state index contributed by atoms with van der Waals surface area (Å²) in [5.74, 6) is 8.95. The van der Waals surface area contributed by atoms with Crippen molar-refractivity contribution in [3.63, 3.8) is 0 Å². The first-order valence-electron chi connectivity index (χ1n) is 6.17. The van der Waals surface area contributed by atoms with Gasteiger partial charge >= 0.3 is 0 Å². The third kappa shape index (κ3) is 2.55. The largest absolute Gasteiger partial charge is 0.300 e. The van der Waals surface area contributed by atoms with E-state index in [1.54, 1.807) is 6.92 Å². The number of hydrogen-bond acceptors (Lipinski definition) is 1. The maximum absolute atomic E-state index is 11.1. The molecule has 1 fully saturated rings. The number of Topliss-reactive ketones (excluding diaryl/α,β-unsaturated/α-hetero) is 1. The summed E-state index contributed by atoms with van der Waals surface area (Å²) in [5.41, 5.74) is -0.155. The second-order valence-electron chi connectivity index (χ2n) is 5.92. The minimum Gasteiger partial charge on any atom is -0.300 e. The molecular weight excluding hydrogens is 196 g/mol. The van der Waals surface area contributed by atoms with Crippen LogP contribution in [0, 0.1) is 35.0 Å². The van der Waals surface area contributed by atoms with E-state index >= 15 is 0 Å². The predicted molar refractivity (Wildman–Crippen MR) is 65.7 cm³/mol. The number of allylic oxidation sites excluding steroid dienone is 2. The van der Waals surface area contributed by atoms with E-state index in [0.29, 0.717) is 18.3 Å². The number of fused-ring (bicyclic) bond motifs is 2. The van der Waals surface area contributed by atoms with E-state index in [-0.39, 0.29) is 11.2 Å². The van der Waals surface area contributed by atoms with Crippen LogP contribution in [0.4, 0.5) is 0 Å². The van der Waals surface area contributed by atoms with Crippen molar-refractivity contribution in [3.05, 3.63) is 12.2 Å². The van der Waals surface area contributed by atoms with Gasteiger partial charge in [0.05, 0.1) is 0 Å². The molecule has 0 saturated heterocycles. The lowest BCUT2D eigenvalue weighted by molar-refractivity contribution is -0.118. The maximum Gasteiger partial charge on any atom is 0.131 e. The molecule has 2 rings (SSSR count). The highest BCUT2D eigenvalue weighted by Gasteiger charge is 2.34. The lowest BCUT2D eigenvalue weighted by atomic mass is 9.86. The summed E-state index contributed by atoms with van der Waals surface area (Å²) < 4.78 is 0. The highest BCUT2D eigenvalue weighted by molar-refractivity contribution is 5.76. The molecule has 1 nitrogen and oxygen atoms in total. The van der Waals surface area contributed by atoms with Crippen LogP contribution in [-0.2, 0) is 4.79 Å². The Labute approximate surface area is 98.3 Å². The van der Waals surface area contributed by atoms with Crippen LogP contribution in [0.15, 0.2) is 12.2 Å². The Bertz CT molecular complexity index is 378. The van der Waals surface area contributed by atoms with Crippen LogP contribution in [0.3, 0.4) is 0 Å². The molecule has 1 saturated carbocycles. The molecule has 2 aliphatic carbocycles. The molecule has 0 aliphatic heterocycles. The van der Waals surface area contributed by atoms with Crippen LogP contribution >= 0.6 is 0 Å². The number of hydrogen-bond donors (Lipinski definition) is 0. The number of rotatable bonds is 2. The Morgan fingerprint density at radius 2 is 2.12 bits per heavy atom. The average molecular weight is 216 g/mol. The fourth-order valence-electron chi connectivity index (χ4n) is 2.90. The highest BCUT2D eigenvalue weighted by Crippen LogP contribution is 2.43. The molecule has 3 atom stereocenters. The molecule has 1 heteroatoms. The van der Waals surface area contributed by atoms with Crippen LogP contribution in [0.2, 0.25) is 0 Å². The molecule has 3 unspecified atom stereocenters. The van der Waals surface area contributed by atoms with Gasteiger partial charge in [0.1, 0.15) is 5.78 Å². The van der Waals surface area contributed by atoms with Gasteiger partial charge in [-0.3, -0.25) is 4.79 Å². The molecule has 2 bridgehead atoms. The van der Waals surface area contributed by atoms with Gasteiger partial charge in [-0.2, -0.15) is 0 Å². The molecule has 0 aromatic heterocycles. The number of ketones is 1. The second kappa shape index (κ2) is 4.09. The zero-order valence-corrected chi connectivity index (χ0v) is 10.4. The van der Waals surface area contributed by atoms with Crippen LogP contribution in [0.1, 0.15) is 40.0 Å². The zero-order valence-electron chi connectivity index (χ0n) is 10.4. The van der Waals surface area contributed by atoms with E-state index in [0.717, 1.165) is 5.92 Å². The third-order valence-corrected chi connectivity index (χ3v) is 3.57. The lowest BCUT2D eigenvalue weighted by Gasteiger charge is -2.17. The molecule has 0 heterocycles. The van der Waals surface area contributed by atoms with Crippen molar-refractivity contribution in [1.29, 1.82) is 0 Å². The van der Waals surface area contributed by atoms with E-state index in [9.17, 15) is 4.79 Å². The molecule has 16 heavy (non-hydrogen) atoms. The van der Waals surface area contributed by atoms with Crippen molar-refractivity contribution < 1.29 is 4.79 Å². The normalized spacial score (nSPS) is 31.3. The van der Waals surface area contributed by atoms with Crippen LogP contribution in [-0.4, -0.2) is 5.78 Å². The lowest BCUT2D eigenvalue weighted by Crippen LogP contribution is -2.14. The molecule has 0 aromatic carbocycles. The number of carbonyl (C=O) groups is 1. The Hall–Kier alpha value is -1.03. The van der Waals surface area contributed by atoms with Crippen LogP contribution in [0.25, 0.3) is 0 Å². The van der Waals surface area contributed by atoms with Crippen molar-refractivity contribution in [3.8, 4) is 11.8 Å². The SMILES string of the molecule is CC(=O)CC(C)(C)C#CC1CC2C=CC1C2. The Kier molecular flexibility index (Phi) is 2.93. The van der Waals surface area contributed by atoms with E-state index in [2.05, 4.69) is 37.8 Å². The van der Waals surface area contributed by atoms with Gasteiger partial charge in [0.15, 0.2) is 0 Å². The minimum absolute atomic E-state index is 0.155. The van der Waals surface area contributed by atoms with Gasteiger partial charge < -0.3 is 0 Å². The molecule has 2 aliphatic rings. The Morgan fingerprint density at radius 1 is 1.38 bits per heavy atom. The van der Waals surface area contributed by atoms with Gasteiger partial charge in [0, 0.05) is 17.8 Å². The van der Waals surface area contributed by atoms with Crippen molar-refractivity contribution in [1.82, 2.24) is 0 Å². The minimum atomic E-state index is -0.155. The molecule has 0 N–H and O–H groups in total. The molecule has 0 spiro atoms. The summed E-state index contributed by atoms with van der Waals surface area (Å²) in [5, 5.41) is 0. The first-order valence-corrected chi connectivity index (χ1v) is 6.17. The van der Waals surface area contributed by atoms with Crippen molar-refractivity contribution >= 4 is 5.78 Å². The first-order chi connectivity index (χ1) is 7.46. The highest BCUT2D eigenvalue weighted by atomic mass is 16.1. The van der Waals surface area contributed by atoms with Crippen LogP contribution in [0.5, 0.6) is 0 Å². The summed E-state index contributed by atoms with van der Waals surface area (Å²) >= 11 is 0. The predicted octanol–water partition coefficient (Wildman–Crippen LogP) is 3.21. The summed E-state index contributed by atoms with van der Waals surface area (Å²) in [4.78, 5) is 11.1. The van der Waals surface area contributed by atoms with E-state index in [4.69, 9.17) is 0 Å². The Balaban J connectivity index is 1.99. The van der Waals surface area contributed by atoms with Crippen LogP contribution < -0.4 is 0 Å². The third-order valence-electron chi connectivity index (χ3n) is 3.57. The molecule has 86 valence electrons.